The van der Waals surface area contributed by atoms with Gasteiger partial charge in [0.2, 0.25) is 11.8 Å². The van der Waals surface area contributed by atoms with Crippen molar-refractivity contribution in [2.45, 2.75) is 57.5 Å². The summed E-state index contributed by atoms with van der Waals surface area (Å²) in [6.45, 7) is 2.79. The van der Waals surface area contributed by atoms with Crippen molar-refractivity contribution >= 4 is 11.8 Å². The second kappa shape index (κ2) is 4.56. The van der Waals surface area contributed by atoms with Crippen LogP contribution in [0.25, 0.3) is 0 Å². The molecule has 1 aliphatic heterocycles. The Hall–Kier alpha value is -1.06. The normalized spacial score (nSPS) is 33.3. The number of nitrogens with one attached hydrogen (secondary N) is 1. The Morgan fingerprint density at radius 2 is 1.94 bits per heavy atom. The Balaban J connectivity index is 1.74. The van der Waals surface area contributed by atoms with Crippen LogP contribution in [0.1, 0.15) is 45.4 Å². The van der Waals surface area contributed by atoms with Crippen molar-refractivity contribution < 1.29 is 9.59 Å². The van der Waals surface area contributed by atoms with Gasteiger partial charge in [-0.2, -0.15) is 0 Å². The maximum atomic E-state index is 12.5. The van der Waals surface area contributed by atoms with Crippen molar-refractivity contribution in [2.75, 3.05) is 6.54 Å². The summed E-state index contributed by atoms with van der Waals surface area (Å²) >= 11 is 0. The Morgan fingerprint density at radius 3 is 2.44 bits per heavy atom. The van der Waals surface area contributed by atoms with E-state index in [2.05, 4.69) is 5.32 Å². The SMILES string of the molecule is CCC1C(=O)NC(C2CC2)C(=O)N1CC1CCC1. The Morgan fingerprint density at radius 1 is 1.22 bits per heavy atom. The number of amides is 2. The van der Waals surface area contributed by atoms with Gasteiger partial charge in [-0.25, -0.2) is 0 Å². The average molecular weight is 250 g/mol. The minimum Gasteiger partial charge on any atom is -0.342 e. The van der Waals surface area contributed by atoms with Gasteiger partial charge in [-0.15, -0.1) is 0 Å². The third-order valence-electron chi connectivity index (χ3n) is 4.69. The molecule has 2 amide bonds. The molecule has 1 saturated heterocycles. The summed E-state index contributed by atoms with van der Waals surface area (Å²) < 4.78 is 0. The van der Waals surface area contributed by atoms with E-state index in [0.717, 1.165) is 25.8 Å². The number of rotatable bonds is 4. The van der Waals surface area contributed by atoms with E-state index < -0.39 is 0 Å². The predicted molar refractivity (Wildman–Crippen MR) is 67.8 cm³/mol. The van der Waals surface area contributed by atoms with E-state index in [1.807, 2.05) is 11.8 Å². The summed E-state index contributed by atoms with van der Waals surface area (Å²) in [7, 11) is 0. The molecule has 0 aromatic heterocycles. The fourth-order valence-electron chi connectivity index (χ4n) is 3.11. The molecule has 0 radical (unpaired) electrons. The molecule has 0 spiro atoms. The summed E-state index contributed by atoms with van der Waals surface area (Å²) in [5.74, 6) is 1.28. The fraction of sp³-hybridized carbons (Fsp3) is 0.857. The maximum absolute atomic E-state index is 12.5. The fourth-order valence-corrected chi connectivity index (χ4v) is 3.11. The van der Waals surface area contributed by atoms with Crippen molar-refractivity contribution in [1.82, 2.24) is 10.2 Å². The summed E-state index contributed by atoms with van der Waals surface area (Å²) in [6.07, 6.45) is 6.62. The number of carbonyl (C=O) groups is 2. The summed E-state index contributed by atoms with van der Waals surface area (Å²) in [5.41, 5.74) is 0. The van der Waals surface area contributed by atoms with Crippen LogP contribution < -0.4 is 5.32 Å². The van der Waals surface area contributed by atoms with E-state index in [9.17, 15) is 9.59 Å². The first-order valence-corrected chi connectivity index (χ1v) is 7.31. The van der Waals surface area contributed by atoms with Crippen LogP contribution >= 0.6 is 0 Å². The molecule has 100 valence electrons. The minimum absolute atomic E-state index is 0.0633. The van der Waals surface area contributed by atoms with Gasteiger partial charge < -0.3 is 10.2 Å². The molecule has 0 bridgehead atoms. The molecule has 3 rings (SSSR count). The second-order valence-corrected chi connectivity index (χ2v) is 6.04. The first-order chi connectivity index (χ1) is 8.70. The van der Waals surface area contributed by atoms with Gasteiger partial charge in [-0.05, 0) is 43.9 Å². The van der Waals surface area contributed by atoms with Crippen LogP contribution in [0.4, 0.5) is 0 Å². The number of nitrogens with zero attached hydrogens (tertiary/aromatic N) is 1. The molecule has 4 nitrogen and oxygen atoms in total. The monoisotopic (exact) mass is 250 g/mol. The van der Waals surface area contributed by atoms with Gasteiger partial charge in [0, 0.05) is 6.54 Å². The number of carbonyl (C=O) groups excluding carboxylic acids is 2. The molecule has 18 heavy (non-hydrogen) atoms. The van der Waals surface area contributed by atoms with Crippen LogP contribution in [0.2, 0.25) is 0 Å². The molecule has 4 heteroatoms. The quantitative estimate of drug-likeness (QED) is 0.817. The lowest BCUT2D eigenvalue weighted by Crippen LogP contribution is -2.64. The van der Waals surface area contributed by atoms with Crippen molar-refractivity contribution in [3.05, 3.63) is 0 Å². The summed E-state index contributed by atoms with van der Waals surface area (Å²) in [6, 6.07) is -0.450. The molecule has 3 fully saturated rings. The van der Waals surface area contributed by atoms with Gasteiger partial charge in [-0.3, -0.25) is 9.59 Å². The third kappa shape index (κ3) is 2.02. The molecular weight excluding hydrogens is 228 g/mol. The summed E-state index contributed by atoms with van der Waals surface area (Å²) in [4.78, 5) is 26.5. The molecule has 3 aliphatic rings. The van der Waals surface area contributed by atoms with Gasteiger partial charge in [-0.1, -0.05) is 13.3 Å². The smallest absolute Gasteiger partial charge is 0.246 e. The topological polar surface area (TPSA) is 49.4 Å². The number of hydrogen-bond donors (Lipinski definition) is 1. The highest BCUT2D eigenvalue weighted by Gasteiger charge is 2.46. The maximum Gasteiger partial charge on any atom is 0.246 e. The van der Waals surface area contributed by atoms with Gasteiger partial charge in [0.1, 0.15) is 12.1 Å². The van der Waals surface area contributed by atoms with Crippen molar-refractivity contribution in [1.29, 1.82) is 0 Å². The van der Waals surface area contributed by atoms with E-state index >= 15 is 0 Å². The molecule has 2 saturated carbocycles. The summed E-state index contributed by atoms with van der Waals surface area (Å²) in [5, 5.41) is 2.94. The lowest BCUT2D eigenvalue weighted by Gasteiger charge is -2.42. The zero-order chi connectivity index (χ0) is 12.7. The van der Waals surface area contributed by atoms with Crippen LogP contribution in [0, 0.1) is 11.8 Å². The van der Waals surface area contributed by atoms with E-state index in [1.54, 1.807) is 0 Å². The van der Waals surface area contributed by atoms with Crippen molar-refractivity contribution in [3.8, 4) is 0 Å². The second-order valence-electron chi connectivity index (χ2n) is 6.04. The minimum atomic E-state index is -0.229. The molecular formula is C14H22N2O2. The zero-order valence-corrected chi connectivity index (χ0v) is 11.0. The van der Waals surface area contributed by atoms with Crippen molar-refractivity contribution in [3.63, 3.8) is 0 Å². The van der Waals surface area contributed by atoms with E-state index in [4.69, 9.17) is 0 Å². The lowest BCUT2D eigenvalue weighted by atomic mass is 9.84. The zero-order valence-electron chi connectivity index (χ0n) is 11.0. The molecule has 0 aromatic rings. The van der Waals surface area contributed by atoms with Gasteiger partial charge in [0.15, 0.2) is 0 Å². The highest BCUT2D eigenvalue weighted by molar-refractivity contribution is 5.97. The van der Waals surface area contributed by atoms with Gasteiger partial charge in [0.05, 0.1) is 0 Å². The van der Waals surface area contributed by atoms with Gasteiger partial charge in [0.25, 0.3) is 0 Å². The van der Waals surface area contributed by atoms with Crippen LogP contribution in [0.3, 0.4) is 0 Å². The largest absolute Gasteiger partial charge is 0.342 e. The Labute approximate surface area is 108 Å². The van der Waals surface area contributed by atoms with E-state index in [0.29, 0.717) is 11.8 Å². The third-order valence-corrected chi connectivity index (χ3v) is 4.69. The average Bonchev–Trinajstić information content (AvgIpc) is 3.11. The molecule has 1 N–H and O–H groups in total. The van der Waals surface area contributed by atoms with Crippen LogP contribution in [-0.2, 0) is 9.59 Å². The van der Waals surface area contributed by atoms with E-state index in [1.165, 1.54) is 19.3 Å². The highest BCUT2D eigenvalue weighted by atomic mass is 16.2. The van der Waals surface area contributed by atoms with Crippen molar-refractivity contribution in [2.24, 2.45) is 11.8 Å². The molecule has 2 aliphatic carbocycles. The number of hydrogen-bond acceptors (Lipinski definition) is 2. The van der Waals surface area contributed by atoms with Gasteiger partial charge >= 0.3 is 0 Å². The first kappa shape index (κ1) is 12.0. The van der Waals surface area contributed by atoms with Crippen LogP contribution in [0.5, 0.6) is 0 Å². The highest BCUT2D eigenvalue weighted by Crippen LogP contribution is 2.36. The first-order valence-electron chi connectivity index (χ1n) is 7.31. The lowest BCUT2D eigenvalue weighted by molar-refractivity contribution is -0.151. The number of piperazine rings is 1. The molecule has 2 unspecified atom stereocenters. The Kier molecular flexibility index (Phi) is 3.04. The van der Waals surface area contributed by atoms with Crippen LogP contribution in [0.15, 0.2) is 0 Å². The standard InChI is InChI=1S/C14H22N2O2/c1-2-11-13(17)15-12(10-6-7-10)14(18)16(11)8-9-4-3-5-9/h9-12H,2-8H2,1H3,(H,15,17). The predicted octanol–water partition coefficient (Wildman–Crippen LogP) is 1.30. The van der Waals surface area contributed by atoms with Crippen LogP contribution in [-0.4, -0.2) is 35.3 Å². The molecule has 2 atom stereocenters. The molecule has 0 aromatic carbocycles. The van der Waals surface area contributed by atoms with E-state index in [-0.39, 0.29) is 23.9 Å². The Bertz CT molecular complexity index is 361. The molecule has 1 heterocycles.